The Bertz CT molecular complexity index is 1150. The molecule has 3 heterocycles. The highest BCUT2D eigenvalue weighted by Crippen LogP contribution is 2.35. The first-order valence-electron chi connectivity index (χ1n) is 11.3. The molecule has 2 aromatic heterocycles. The zero-order valence-corrected chi connectivity index (χ0v) is 19.2. The number of nitrogens with one attached hydrogen (secondary N) is 1. The Morgan fingerprint density at radius 3 is 2.45 bits per heavy atom. The summed E-state index contributed by atoms with van der Waals surface area (Å²) in [6.07, 6.45) is 6.14. The highest BCUT2D eigenvalue weighted by Gasteiger charge is 2.40. The second kappa shape index (κ2) is 9.70. The molecule has 8 heteroatoms. The molecule has 2 aliphatic rings. The van der Waals surface area contributed by atoms with Crippen LogP contribution in [0.1, 0.15) is 31.2 Å². The van der Waals surface area contributed by atoms with Gasteiger partial charge in [-0.2, -0.15) is 0 Å². The number of aromatic nitrogens is 2. The summed E-state index contributed by atoms with van der Waals surface area (Å²) in [6, 6.07) is 11.2. The van der Waals surface area contributed by atoms with E-state index in [1.807, 2.05) is 31.3 Å². The van der Waals surface area contributed by atoms with Gasteiger partial charge in [-0.15, -0.1) is 0 Å². The number of nitrogens with zero attached hydrogens (tertiary/aromatic N) is 4. The Balaban J connectivity index is 0.000000318. The molecule has 4 N–H and O–H groups in total. The number of phenolic OH excluding ortho intramolecular Hbond substituents is 1. The lowest BCUT2D eigenvalue weighted by atomic mass is 10.0. The van der Waals surface area contributed by atoms with Crippen molar-refractivity contribution in [2.75, 3.05) is 44.5 Å². The van der Waals surface area contributed by atoms with E-state index in [4.69, 9.17) is 10.7 Å². The number of anilines is 2. The lowest BCUT2D eigenvalue weighted by molar-refractivity contribution is 0.377. The van der Waals surface area contributed by atoms with Crippen LogP contribution in [0.4, 0.5) is 15.9 Å². The third-order valence-corrected chi connectivity index (χ3v) is 6.34. The normalized spacial score (nSPS) is 16.8. The molecule has 0 radical (unpaired) electrons. The number of nitrogen functional groups attached to an aromatic ring is 1. The predicted octanol–water partition coefficient (Wildman–Crippen LogP) is 3.94. The number of nitrogens with two attached hydrogens (primary N) is 1. The van der Waals surface area contributed by atoms with E-state index < -0.39 is 0 Å². The highest BCUT2D eigenvalue weighted by atomic mass is 19.1. The average Bonchev–Trinajstić information content (AvgIpc) is 3.43. The molecule has 1 aliphatic carbocycles. The second-order valence-electron chi connectivity index (χ2n) is 8.65. The second-order valence-corrected chi connectivity index (χ2v) is 8.65. The Morgan fingerprint density at radius 2 is 1.85 bits per heavy atom. The number of alkyl halides is 1. The van der Waals surface area contributed by atoms with Gasteiger partial charge in [0.05, 0.1) is 16.7 Å². The molecule has 7 nitrogen and oxygen atoms in total. The van der Waals surface area contributed by atoms with E-state index in [1.54, 1.807) is 19.3 Å². The summed E-state index contributed by atoms with van der Waals surface area (Å²) in [4.78, 5) is 15.7. The minimum Gasteiger partial charge on any atom is -0.507 e. The number of halogens is 1. The fourth-order valence-corrected chi connectivity index (χ4v) is 3.95. The van der Waals surface area contributed by atoms with E-state index in [2.05, 4.69) is 20.2 Å². The van der Waals surface area contributed by atoms with Crippen molar-refractivity contribution in [3.8, 4) is 17.0 Å². The summed E-state index contributed by atoms with van der Waals surface area (Å²) in [5.41, 5.74) is 10.0. The van der Waals surface area contributed by atoms with Crippen LogP contribution in [0.3, 0.4) is 0 Å². The molecule has 1 saturated carbocycles. The molecule has 0 spiro atoms. The fraction of sp³-hybridized carbons (Fsp3) is 0.400. The van der Waals surface area contributed by atoms with Gasteiger partial charge in [-0.25, -0.2) is 14.4 Å². The first-order valence-corrected chi connectivity index (χ1v) is 11.3. The van der Waals surface area contributed by atoms with Gasteiger partial charge in [0, 0.05) is 54.8 Å². The first-order chi connectivity index (χ1) is 16.0. The van der Waals surface area contributed by atoms with Crippen molar-refractivity contribution < 1.29 is 9.50 Å². The van der Waals surface area contributed by atoms with Crippen molar-refractivity contribution >= 4 is 28.8 Å². The molecule has 0 atom stereocenters. The molecule has 0 bridgehead atoms. The Hall–Kier alpha value is -3.26. The smallest absolute Gasteiger partial charge is 0.129 e. The minimum atomic E-state index is -0.205. The number of benzene rings is 1. The van der Waals surface area contributed by atoms with Gasteiger partial charge in [0.25, 0.3) is 0 Å². The minimum absolute atomic E-state index is 0.0833. The van der Waals surface area contributed by atoms with Crippen molar-refractivity contribution in [2.24, 2.45) is 4.99 Å². The lowest BCUT2D eigenvalue weighted by Crippen LogP contribution is -2.28. The quantitative estimate of drug-likeness (QED) is 0.402. The standard InChI is InChI=1S/C20H21N5O.C5H10FN/c1-22-12-13-10-14(19(26)11-15(13)21)16-4-5-18-17(23-16)6-7-20(24-18)25-8-2-3-9-25;1-7-5(4-6)2-3-5/h4-7,10-12,26H,2-3,8-9,21H2,1H3;7H,2-4H2,1H3. The molecule has 1 aliphatic heterocycles. The molecule has 174 valence electrons. The van der Waals surface area contributed by atoms with Crippen LogP contribution in [-0.4, -0.2) is 60.7 Å². The summed E-state index contributed by atoms with van der Waals surface area (Å²) in [5, 5.41) is 13.2. The molecule has 3 aromatic rings. The number of aromatic hydroxyl groups is 1. The van der Waals surface area contributed by atoms with Crippen LogP contribution >= 0.6 is 0 Å². The largest absolute Gasteiger partial charge is 0.507 e. The molecule has 33 heavy (non-hydrogen) atoms. The van der Waals surface area contributed by atoms with E-state index in [0.29, 0.717) is 16.9 Å². The SMILES string of the molecule is CN=Cc1cc(-c2ccc3nc(N4CCCC4)ccc3n2)c(O)cc1N.CNC1(CF)CC1. The summed E-state index contributed by atoms with van der Waals surface area (Å²) in [5.74, 6) is 1.10. The molecule has 1 saturated heterocycles. The number of aliphatic imine (C=N–C) groups is 1. The third kappa shape index (κ3) is 5.06. The van der Waals surface area contributed by atoms with Crippen LogP contribution < -0.4 is 16.0 Å². The van der Waals surface area contributed by atoms with Crippen molar-refractivity contribution in [2.45, 2.75) is 31.2 Å². The van der Waals surface area contributed by atoms with Gasteiger partial charge in [-0.3, -0.25) is 4.99 Å². The van der Waals surface area contributed by atoms with Gasteiger partial charge in [0.15, 0.2) is 0 Å². The van der Waals surface area contributed by atoms with E-state index >= 15 is 0 Å². The average molecular weight is 451 g/mol. The number of hydrogen-bond acceptors (Lipinski definition) is 7. The van der Waals surface area contributed by atoms with Crippen LogP contribution in [0.25, 0.3) is 22.3 Å². The molecule has 0 unspecified atom stereocenters. The highest BCUT2D eigenvalue weighted by molar-refractivity contribution is 5.91. The zero-order chi connectivity index (χ0) is 23.4. The molecule has 1 aromatic carbocycles. The summed E-state index contributed by atoms with van der Waals surface area (Å²) < 4.78 is 11.8. The number of fused-ring (bicyclic) bond motifs is 1. The fourth-order valence-electron chi connectivity index (χ4n) is 3.95. The first kappa shape index (κ1) is 22.9. The maximum absolute atomic E-state index is 11.8. The maximum Gasteiger partial charge on any atom is 0.129 e. The Kier molecular flexibility index (Phi) is 6.74. The van der Waals surface area contributed by atoms with Crippen molar-refractivity contribution in [3.05, 3.63) is 42.0 Å². The van der Waals surface area contributed by atoms with Crippen LogP contribution in [0.5, 0.6) is 5.75 Å². The van der Waals surface area contributed by atoms with Gasteiger partial charge in [0.1, 0.15) is 18.2 Å². The number of phenols is 1. The van der Waals surface area contributed by atoms with Gasteiger partial charge in [-0.1, -0.05) is 0 Å². The van der Waals surface area contributed by atoms with Gasteiger partial charge in [0.2, 0.25) is 0 Å². The van der Waals surface area contributed by atoms with Crippen molar-refractivity contribution in [3.63, 3.8) is 0 Å². The molecular formula is C25H31FN6O. The van der Waals surface area contributed by atoms with Crippen molar-refractivity contribution in [1.29, 1.82) is 0 Å². The number of hydrogen-bond donors (Lipinski definition) is 3. The number of rotatable bonds is 5. The zero-order valence-electron chi connectivity index (χ0n) is 19.2. The van der Waals surface area contributed by atoms with E-state index in [1.165, 1.54) is 18.9 Å². The molecule has 0 amide bonds. The van der Waals surface area contributed by atoms with E-state index in [-0.39, 0.29) is 18.0 Å². The van der Waals surface area contributed by atoms with Crippen LogP contribution in [0, 0.1) is 0 Å². The van der Waals surface area contributed by atoms with Gasteiger partial charge in [-0.05, 0) is 63.1 Å². The molecular weight excluding hydrogens is 419 g/mol. The molecule has 5 rings (SSSR count). The van der Waals surface area contributed by atoms with E-state index in [9.17, 15) is 9.50 Å². The summed E-state index contributed by atoms with van der Waals surface area (Å²) >= 11 is 0. The monoisotopic (exact) mass is 450 g/mol. The van der Waals surface area contributed by atoms with Crippen LogP contribution in [0.2, 0.25) is 0 Å². The Labute approximate surface area is 193 Å². The third-order valence-electron chi connectivity index (χ3n) is 6.34. The number of pyridine rings is 2. The van der Waals surface area contributed by atoms with E-state index in [0.717, 1.165) is 48.3 Å². The summed E-state index contributed by atoms with van der Waals surface area (Å²) in [6.45, 7) is 1.92. The topological polar surface area (TPSA) is 99.7 Å². The summed E-state index contributed by atoms with van der Waals surface area (Å²) in [7, 11) is 3.50. The van der Waals surface area contributed by atoms with Gasteiger partial charge >= 0.3 is 0 Å². The molecule has 2 fully saturated rings. The van der Waals surface area contributed by atoms with Crippen LogP contribution in [-0.2, 0) is 0 Å². The predicted molar refractivity (Wildman–Crippen MR) is 133 cm³/mol. The Morgan fingerprint density at radius 1 is 1.15 bits per heavy atom. The maximum atomic E-state index is 11.8. The van der Waals surface area contributed by atoms with Crippen molar-refractivity contribution in [1.82, 2.24) is 15.3 Å². The van der Waals surface area contributed by atoms with Gasteiger partial charge < -0.3 is 21.1 Å². The lowest BCUT2D eigenvalue weighted by Gasteiger charge is -2.16. The van der Waals surface area contributed by atoms with Crippen LogP contribution in [0.15, 0.2) is 41.4 Å².